The number of aromatic nitrogens is 2. The average Bonchev–Trinajstić information content (AvgIpc) is 3.25. The highest BCUT2D eigenvalue weighted by Crippen LogP contribution is 2.20. The number of carbonyl (C=O) groups is 1. The molecular formula is C18H26N4OS. The molecule has 0 radical (unpaired) electrons. The third kappa shape index (κ3) is 4.45. The Kier molecular flexibility index (Phi) is 5.68. The van der Waals surface area contributed by atoms with E-state index in [1.54, 1.807) is 6.07 Å². The maximum absolute atomic E-state index is 12.2. The van der Waals surface area contributed by atoms with E-state index in [-0.39, 0.29) is 11.9 Å². The van der Waals surface area contributed by atoms with Gasteiger partial charge in [0, 0.05) is 30.2 Å². The summed E-state index contributed by atoms with van der Waals surface area (Å²) in [7, 11) is 0. The molecule has 0 saturated carbocycles. The van der Waals surface area contributed by atoms with Crippen molar-refractivity contribution in [1.29, 1.82) is 0 Å². The molecular weight excluding hydrogens is 320 g/mol. The zero-order valence-corrected chi connectivity index (χ0v) is 15.3. The average molecular weight is 347 g/mol. The number of piperidine rings is 1. The topological polar surface area (TPSA) is 50.2 Å². The van der Waals surface area contributed by atoms with Gasteiger partial charge in [0.25, 0.3) is 5.91 Å². The van der Waals surface area contributed by atoms with Crippen molar-refractivity contribution in [2.45, 2.75) is 39.3 Å². The van der Waals surface area contributed by atoms with Crippen molar-refractivity contribution in [2.75, 3.05) is 19.6 Å². The SMILES string of the molecule is CC(C)n1ccc(C(=O)NCC2CCN(Cc3cccs3)CC2)n1. The van der Waals surface area contributed by atoms with Gasteiger partial charge in [-0.3, -0.25) is 14.4 Å². The van der Waals surface area contributed by atoms with Crippen LogP contribution in [0.3, 0.4) is 0 Å². The lowest BCUT2D eigenvalue weighted by Crippen LogP contribution is -2.38. The Hall–Kier alpha value is -1.66. The van der Waals surface area contributed by atoms with Gasteiger partial charge in [0.05, 0.1) is 0 Å². The number of carbonyl (C=O) groups excluding carboxylic acids is 1. The van der Waals surface area contributed by atoms with Crippen molar-refractivity contribution in [3.05, 3.63) is 40.3 Å². The number of rotatable bonds is 6. The summed E-state index contributed by atoms with van der Waals surface area (Å²) >= 11 is 1.83. The molecule has 1 saturated heterocycles. The van der Waals surface area contributed by atoms with Crippen LogP contribution in [-0.2, 0) is 6.54 Å². The molecule has 1 N–H and O–H groups in total. The van der Waals surface area contributed by atoms with Gasteiger partial charge in [-0.25, -0.2) is 0 Å². The minimum atomic E-state index is -0.0598. The van der Waals surface area contributed by atoms with E-state index < -0.39 is 0 Å². The number of likely N-dealkylation sites (tertiary alicyclic amines) is 1. The van der Waals surface area contributed by atoms with Crippen molar-refractivity contribution in [3.63, 3.8) is 0 Å². The van der Waals surface area contributed by atoms with E-state index in [0.29, 0.717) is 11.6 Å². The molecule has 0 bridgehead atoms. The number of thiophene rings is 1. The number of hydrogen-bond acceptors (Lipinski definition) is 4. The summed E-state index contributed by atoms with van der Waals surface area (Å²) in [5.74, 6) is 0.510. The molecule has 3 heterocycles. The van der Waals surface area contributed by atoms with Crippen molar-refractivity contribution < 1.29 is 4.79 Å². The van der Waals surface area contributed by atoms with Crippen LogP contribution in [0.1, 0.15) is 48.1 Å². The summed E-state index contributed by atoms with van der Waals surface area (Å²) in [5, 5.41) is 9.51. The van der Waals surface area contributed by atoms with Gasteiger partial charge in [0.15, 0.2) is 0 Å². The van der Waals surface area contributed by atoms with E-state index in [9.17, 15) is 4.79 Å². The van der Waals surface area contributed by atoms with E-state index in [0.717, 1.165) is 39.0 Å². The monoisotopic (exact) mass is 346 g/mol. The highest BCUT2D eigenvalue weighted by Gasteiger charge is 2.20. The van der Waals surface area contributed by atoms with Crippen LogP contribution >= 0.6 is 11.3 Å². The molecule has 0 aliphatic carbocycles. The fraction of sp³-hybridized carbons (Fsp3) is 0.556. The van der Waals surface area contributed by atoms with Crippen LogP contribution in [0, 0.1) is 5.92 Å². The molecule has 1 aliphatic heterocycles. The first-order valence-corrected chi connectivity index (χ1v) is 9.58. The zero-order chi connectivity index (χ0) is 16.9. The molecule has 6 heteroatoms. The summed E-state index contributed by atoms with van der Waals surface area (Å²) in [6.45, 7) is 8.14. The lowest BCUT2D eigenvalue weighted by Gasteiger charge is -2.31. The van der Waals surface area contributed by atoms with Crippen LogP contribution in [0.15, 0.2) is 29.8 Å². The Balaban J connectivity index is 1.40. The first kappa shape index (κ1) is 17.2. The predicted molar refractivity (Wildman–Crippen MR) is 97.3 cm³/mol. The molecule has 0 aromatic carbocycles. The van der Waals surface area contributed by atoms with Gasteiger partial charge < -0.3 is 5.32 Å². The Morgan fingerprint density at radius 1 is 1.38 bits per heavy atom. The highest BCUT2D eigenvalue weighted by molar-refractivity contribution is 7.09. The van der Waals surface area contributed by atoms with Gasteiger partial charge in [0.2, 0.25) is 0 Å². The van der Waals surface area contributed by atoms with Gasteiger partial charge >= 0.3 is 0 Å². The molecule has 2 aromatic heterocycles. The molecule has 0 spiro atoms. The normalized spacial score (nSPS) is 16.6. The molecule has 1 fully saturated rings. The summed E-state index contributed by atoms with van der Waals surface area (Å²) in [5.41, 5.74) is 0.513. The number of hydrogen-bond donors (Lipinski definition) is 1. The van der Waals surface area contributed by atoms with Crippen LogP contribution in [-0.4, -0.2) is 40.2 Å². The zero-order valence-electron chi connectivity index (χ0n) is 14.4. The van der Waals surface area contributed by atoms with Crippen LogP contribution < -0.4 is 5.32 Å². The molecule has 0 atom stereocenters. The second-order valence-electron chi connectivity index (χ2n) is 6.78. The van der Waals surface area contributed by atoms with Crippen LogP contribution in [0.2, 0.25) is 0 Å². The third-order valence-corrected chi connectivity index (χ3v) is 5.45. The van der Waals surface area contributed by atoms with E-state index in [1.807, 2.05) is 22.2 Å². The highest BCUT2D eigenvalue weighted by atomic mass is 32.1. The van der Waals surface area contributed by atoms with E-state index in [4.69, 9.17) is 0 Å². The smallest absolute Gasteiger partial charge is 0.271 e. The van der Waals surface area contributed by atoms with Gasteiger partial charge in [0.1, 0.15) is 5.69 Å². The summed E-state index contributed by atoms with van der Waals surface area (Å²) in [4.78, 5) is 16.1. The van der Waals surface area contributed by atoms with Crippen molar-refractivity contribution in [1.82, 2.24) is 20.0 Å². The summed E-state index contributed by atoms with van der Waals surface area (Å²) in [6.07, 6.45) is 4.15. The first-order chi connectivity index (χ1) is 11.6. The molecule has 2 aromatic rings. The van der Waals surface area contributed by atoms with E-state index >= 15 is 0 Å². The Morgan fingerprint density at radius 2 is 2.17 bits per heavy atom. The number of nitrogens with zero attached hydrogens (tertiary/aromatic N) is 3. The maximum atomic E-state index is 12.2. The molecule has 1 amide bonds. The standard InChI is InChI=1S/C18H26N4OS/c1-14(2)22-10-7-17(20-22)18(23)19-12-15-5-8-21(9-6-15)13-16-4-3-11-24-16/h3-4,7,10-11,14-15H,5-6,8-9,12-13H2,1-2H3,(H,19,23). The fourth-order valence-corrected chi connectivity index (χ4v) is 3.79. The molecule has 0 unspecified atom stereocenters. The van der Waals surface area contributed by atoms with Crippen LogP contribution in [0.4, 0.5) is 0 Å². The van der Waals surface area contributed by atoms with Crippen molar-refractivity contribution in [3.8, 4) is 0 Å². The molecule has 5 nitrogen and oxygen atoms in total. The Morgan fingerprint density at radius 3 is 2.79 bits per heavy atom. The van der Waals surface area contributed by atoms with Gasteiger partial charge in [-0.05, 0) is 63.2 Å². The minimum Gasteiger partial charge on any atom is -0.350 e. The van der Waals surface area contributed by atoms with Gasteiger partial charge in [-0.15, -0.1) is 11.3 Å². The number of nitrogens with one attached hydrogen (secondary N) is 1. The first-order valence-electron chi connectivity index (χ1n) is 8.70. The second kappa shape index (κ2) is 7.94. The van der Waals surface area contributed by atoms with Crippen molar-refractivity contribution >= 4 is 17.2 Å². The lowest BCUT2D eigenvalue weighted by molar-refractivity contribution is 0.0929. The number of amides is 1. The summed E-state index contributed by atoms with van der Waals surface area (Å²) < 4.78 is 1.82. The predicted octanol–water partition coefficient (Wildman–Crippen LogP) is 3.17. The quantitative estimate of drug-likeness (QED) is 0.874. The molecule has 1 aliphatic rings. The second-order valence-corrected chi connectivity index (χ2v) is 7.82. The van der Waals surface area contributed by atoms with Crippen LogP contribution in [0.5, 0.6) is 0 Å². The maximum Gasteiger partial charge on any atom is 0.271 e. The molecule has 130 valence electrons. The van der Waals surface area contributed by atoms with Gasteiger partial charge in [-0.1, -0.05) is 6.07 Å². The fourth-order valence-electron chi connectivity index (χ4n) is 3.05. The summed E-state index contributed by atoms with van der Waals surface area (Å²) in [6, 6.07) is 6.38. The Bertz CT molecular complexity index is 642. The van der Waals surface area contributed by atoms with E-state index in [1.165, 1.54) is 4.88 Å². The Labute approximate surface area is 147 Å². The van der Waals surface area contributed by atoms with Crippen LogP contribution in [0.25, 0.3) is 0 Å². The van der Waals surface area contributed by atoms with Gasteiger partial charge in [-0.2, -0.15) is 5.10 Å². The van der Waals surface area contributed by atoms with Crippen molar-refractivity contribution in [2.24, 2.45) is 5.92 Å². The largest absolute Gasteiger partial charge is 0.350 e. The van der Waals surface area contributed by atoms with E-state index in [2.05, 4.69) is 46.7 Å². The third-order valence-electron chi connectivity index (χ3n) is 4.59. The lowest BCUT2D eigenvalue weighted by atomic mass is 9.96. The molecule has 24 heavy (non-hydrogen) atoms. The molecule has 3 rings (SSSR count). The minimum absolute atomic E-state index is 0.0598.